The molecule has 0 bridgehead atoms. The van der Waals surface area contributed by atoms with Crippen LogP contribution in [0.1, 0.15) is 26.7 Å². The number of benzene rings is 2. The van der Waals surface area contributed by atoms with Crippen LogP contribution in [0.2, 0.25) is 0 Å². The highest BCUT2D eigenvalue weighted by molar-refractivity contribution is 7.99. The molecule has 0 heterocycles. The largest absolute Gasteiger partial charge is 0.494 e. The predicted molar refractivity (Wildman–Crippen MR) is 86.3 cm³/mol. The van der Waals surface area contributed by atoms with Crippen LogP contribution in [0.3, 0.4) is 0 Å². The van der Waals surface area contributed by atoms with Gasteiger partial charge in [0.25, 0.3) is 0 Å². The fourth-order valence-corrected chi connectivity index (χ4v) is 2.81. The number of fused-ring (bicyclic) bond motifs is 1. The highest BCUT2D eigenvalue weighted by atomic mass is 32.2. The van der Waals surface area contributed by atoms with Gasteiger partial charge in [-0.25, -0.2) is 0 Å². The molecule has 2 aromatic carbocycles. The van der Waals surface area contributed by atoms with Crippen LogP contribution in [0.15, 0.2) is 42.5 Å². The zero-order chi connectivity index (χ0) is 13.5. The van der Waals surface area contributed by atoms with Crippen LogP contribution in [0.5, 0.6) is 5.75 Å². The van der Waals surface area contributed by atoms with Gasteiger partial charge in [-0.1, -0.05) is 44.2 Å². The standard InChI is InChI=1S/C17H22OS/c1-14(2)19-12-6-5-11-18-17-10-9-15-7-3-4-8-16(15)13-17/h3-4,7-10,13-14H,5-6,11-12H2,1-2H3. The minimum Gasteiger partial charge on any atom is -0.494 e. The number of unbranched alkanes of at least 4 members (excludes halogenated alkanes) is 1. The molecule has 0 unspecified atom stereocenters. The Morgan fingerprint density at radius 3 is 2.58 bits per heavy atom. The van der Waals surface area contributed by atoms with E-state index in [9.17, 15) is 0 Å². The first kappa shape index (κ1) is 14.3. The second-order valence-electron chi connectivity index (χ2n) is 4.98. The highest BCUT2D eigenvalue weighted by Crippen LogP contribution is 2.20. The van der Waals surface area contributed by atoms with Crippen LogP contribution < -0.4 is 4.74 Å². The van der Waals surface area contributed by atoms with E-state index in [4.69, 9.17) is 4.74 Å². The summed E-state index contributed by atoms with van der Waals surface area (Å²) in [5, 5.41) is 3.25. The highest BCUT2D eigenvalue weighted by Gasteiger charge is 1.98. The van der Waals surface area contributed by atoms with Crippen LogP contribution in [-0.2, 0) is 0 Å². The molecule has 0 aliphatic heterocycles. The lowest BCUT2D eigenvalue weighted by atomic mass is 10.1. The Morgan fingerprint density at radius 1 is 1.00 bits per heavy atom. The van der Waals surface area contributed by atoms with Crippen molar-refractivity contribution in [1.82, 2.24) is 0 Å². The van der Waals surface area contributed by atoms with Gasteiger partial charge in [0.2, 0.25) is 0 Å². The summed E-state index contributed by atoms with van der Waals surface area (Å²) in [6.45, 7) is 5.31. The molecule has 0 aliphatic carbocycles. The Labute approximate surface area is 120 Å². The average molecular weight is 274 g/mol. The van der Waals surface area contributed by atoms with E-state index in [1.54, 1.807) is 0 Å². The van der Waals surface area contributed by atoms with Gasteiger partial charge in [0.1, 0.15) is 5.75 Å². The summed E-state index contributed by atoms with van der Waals surface area (Å²) in [4.78, 5) is 0. The molecule has 1 nitrogen and oxygen atoms in total. The predicted octanol–water partition coefficient (Wildman–Crippen LogP) is 5.14. The van der Waals surface area contributed by atoms with Gasteiger partial charge in [-0.2, -0.15) is 11.8 Å². The molecule has 0 fully saturated rings. The molecule has 0 atom stereocenters. The molecule has 0 spiro atoms. The fraction of sp³-hybridized carbons (Fsp3) is 0.412. The van der Waals surface area contributed by atoms with Crippen LogP contribution in [0.25, 0.3) is 10.8 Å². The quantitative estimate of drug-likeness (QED) is 0.646. The maximum atomic E-state index is 5.81. The SMILES string of the molecule is CC(C)SCCCCOc1ccc2ccccc2c1. The molecular formula is C17H22OS. The molecule has 0 saturated heterocycles. The summed E-state index contributed by atoms with van der Waals surface area (Å²) in [7, 11) is 0. The third-order valence-corrected chi connectivity index (χ3v) is 4.17. The van der Waals surface area contributed by atoms with E-state index in [1.165, 1.54) is 22.9 Å². The Kier molecular flexibility index (Phi) is 5.59. The zero-order valence-electron chi connectivity index (χ0n) is 11.8. The first-order valence-corrected chi connectivity index (χ1v) is 8.04. The molecule has 2 aromatic rings. The minimum atomic E-state index is 0.737. The summed E-state index contributed by atoms with van der Waals surface area (Å²) < 4.78 is 5.81. The molecule has 0 aromatic heterocycles. The molecule has 0 aliphatic rings. The van der Waals surface area contributed by atoms with E-state index < -0.39 is 0 Å². The first-order chi connectivity index (χ1) is 9.25. The van der Waals surface area contributed by atoms with Gasteiger partial charge in [0, 0.05) is 0 Å². The average Bonchev–Trinajstić information content (AvgIpc) is 2.42. The lowest BCUT2D eigenvalue weighted by molar-refractivity contribution is 0.310. The number of hydrogen-bond donors (Lipinski definition) is 0. The summed E-state index contributed by atoms with van der Waals surface area (Å²) in [6.07, 6.45) is 2.36. The second kappa shape index (κ2) is 7.44. The third kappa shape index (κ3) is 4.79. The van der Waals surface area contributed by atoms with Crippen molar-refractivity contribution < 1.29 is 4.74 Å². The Morgan fingerprint density at radius 2 is 1.79 bits per heavy atom. The van der Waals surface area contributed by atoms with Gasteiger partial charge >= 0.3 is 0 Å². The second-order valence-corrected chi connectivity index (χ2v) is 6.67. The van der Waals surface area contributed by atoms with Crippen LogP contribution in [0.4, 0.5) is 0 Å². The molecule has 2 rings (SSSR count). The number of thioether (sulfide) groups is 1. The molecule has 0 N–H and O–H groups in total. The summed E-state index contributed by atoms with van der Waals surface area (Å²) in [6, 6.07) is 14.7. The number of ether oxygens (including phenoxy) is 1. The monoisotopic (exact) mass is 274 g/mol. The number of rotatable bonds is 7. The van der Waals surface area contributed by atoms with Crippen molar-refractivity contribution in [2.75, 3.05) is 12.4 Å². The van der Waals surface area contributed by atoms with Crippen molar-refractivity contribution in [3.05, 3.63) is 42.5 Å². The van der Waals surface area contributed by atoms with E-state index in [1.807, 2.05) is 11.8 Å². The smallest absolute Gasteiger partial charge is 0.119 e. The van der Waals surface area contributed by atoms with Gasteiger partial charge < -0.3 is 4.74 Å². The lowest BCUT2D eigenvalue weighted by Gasteiger charge is -2.08. The molecule has 0 saturated carbocycles. The summed E-state index contributed by atoms with van der Waals surface area (Å²) >= 11 is 2.02. The van der Waals surface area contributed by atoms with E-state index in [2.05, 4.69) is 56.3 Å². The van der Waals surface area contributed by atoms with Crippen molar-refractivity contribution in [2.24, 2.45) is 0 Å². The van der Waals surface area contributed by atoms with Crippen molar-refractivity contribution in [2.45, 2.75) is 31.9 Å². The molecule has 19 heavy (non-hydrogen) atoms. The van der Waals surface area contributed by atoms with E-state index in [0.29, 0.717) is 0 Å². The van der Waals surface area contributed by atoms with Crippen molar-refractivity contribution in [3.63, 3.8) is 0 Å². The summed E-state index contributed by atoms with van der Waals surface area (Å²) in [5.41, 5.74) is 0. The van der Waals surface area contributed by atoms with Gasteiger partial charge in [-0.15, -0.1) is 0 Å². The maximum absolute atomic E-state index is 5.81. The van der Waals surface area contributed by atoms with Gasteiger partial charge in [0.05, 0.1) is 6.61 Å². The van der Waals surface area contributed by atoms with Gasteiger partial charge in [-0.05, 0) is 46.7 Å². The first-order valence-electron chi connectivity index (χ1n) is 6.99. The van der Waals surface area contributed by atoms with Crippen molar-refractivity contribution in [1.29, 1.82) is 0 Å². The van der Waals surface area contributed by atoms with Crippen LogP contribution >= 0.6 is 11.8 Å². The number of hydrogen-bond acceptors (Lipinski definition) is 2. The molecule has 102 valence electrons. The zero-order valence-corrected chi connectivity index (χ0v) is 12.6. The van der Waals surface area contributed by atoms with Crippen LogP contribution in [0, 0.1) is 0 Å². The minimum absolute atomic E-state index is 0.737. The Hall–Kier alpha value is -1.15. The van der Waals surface area contributed by atoms with Crippen molar-refractivity contribution in [3.8, 4) is 5.75 Å². The molecule has 0 radical (unpaired) electrons. The third-order valence-electron chi connectivity index (χ3n) is 2.98. The fourth-order valence-electron chi connectivity index (χ4n) is 1.97. The van der Waals surface area contributed by atoms with E-state index in [0.717, 1.165) is 24.0 Å². The summed E-state index contributed by atoms with van der Waals surface area (Å²) in [5.74, 6) is 2.22. The van der Waals surface area contributed by atoms with Gasteiger partial charge in [0.15, 0.2) is 0 Å². The molecular weight excluding hydrogens is 252 g/mol. The van der Waals surface area contributed by atoms with Crippen molar-refractivity contribution >= 4 is 22.5 Å². The lowest BCUT2D eigenvalue weighted by Crippen LogP contribution is -1.99. The topological polar surface area (TPSA) is 9.23 Å². The Bertz CT molecular complexity index is 507. The molecule has 2 heteroatoms. The van der Waals surface area contributed by atoms with E-state index in [-0.39, 0.29) is 0 Å². The van der Waals surface area contributed by atoms with E-state index >= 15 is 0 Å². The van der Waals surface area contributed by atoms with Gasteiger partial charge in [-0.3, -0.25) is 0 Å². The normalized spacial score (nSPS) is 11.1. The Balaban J connectivity index is 1.75. The van der Waals surface area contributed by atoms with Crippen LogP contribution in [-0.4, -0.2) is 17.6 Å². The molecule has 0 amide bonds. The maximum Gasteiger partial charge on any atom is 0.119 e.